The number of nitrogens with zero attached hydrogens (tertiary/aromatic N) is 3. The van der Waals surface area contributed by atoms with Gasteiger partial charge in [0.15, 0.2) is 5.96 Å². The summed E-state index contributed by atoms with van der Waals surface area (Å²) < 4.78 is 11.3. The summed E-state index contributed by atoms with van der Waals surface area (Å²) in [6, 6.07) is 4.00. The van der Waals surface area contributed by atoms with Crippen molar-refractivity contribution in [1.82, 2.24) is 15.2 Å². The fourth-order valence-electron chi connectivity index (χ4n) is 2.49. The van der Waals surface area contributed by atoms with Crippen LogP contribution in [0, 0.1) is 0 Å². The lowest BCUT2D eigenvalue weighted by Crippen LogP contribution is -2.35. The van der Waals surface area contributed by atoms with E-state index in [0.717, 1.165) is 57.2 Å². The Labute approximate surface area is 148 Å². The molecule has 0 amide bonds. The molecule has 1 N–H and O–H groups in total. The third kappa shape index (κ3) is 4.70. The van der Waals surface area contributed by atoms with Crippen LogP contribution >= 0.6 is 24.0 Å². The second-order valence-electron chi connectivity index (χ2n) is 5.41. The number of halogens is 1. The number of rotatable bonds is 4. The first kappa shape index (κ1) is 17.3. The smallest absolute Gasteiger partial charge is 0.213 e. The first-order valence-corrected chi connectivity index (χ1v) is 7.50. The summed E-state index contributed by atoms with van der Waals surface area (Å²) in [5.74, 6) is 1.65. The lowest BCUT2D eigenvalue weighted by atomic mass is 10.1. The summed E-state index contributed by atoms with van der Waals surface area (Å²) in [7, 11) is 2.05. The molecule has 0 spiro atoms. The molecule has 1 saturated heterocycles. The molecule has 3 heterocycles. The van der Waals surface area contributed by atoms with Gasteiger partial charge in [-0.3, -0.25) is 4.99 Å². The van der Waals surface area contributed by atoms with Gasteiger partial charge in [0.25, 0.3) is 0 Å². The number of aromatic nitrogens is 1. The first-order chi connectivity index (χ1) is 10.3. The van der Waals surface area contributed by atoms with Crippen LogP contribution < -0.4 is 10.1 Å². The largest absolute Gasteiger partial charge is 0.474 e. The predicted octanol–water partition coefficient (Wildman–Crippen LogP) is 1.65. The van der Waals surface area contributed by atoms with E-state index in [4.69, 9.17) is 9.47 Å². The number of ether oxygens (including phenoxy) is 2. The second-order valence-corrected chi connectivity index (χ2v) is 5.41. The highest BCUT2D eigenvalue weighted by Crippen LogP contribution is 2.16. The van der Waals surface area contributed by atoms with Crippen molar-refractivity contribution in [2.45, 2.75) is 25.5 Å². The molecule has 2 aliphatic heterocycles. The summed E-state index contributed by atoms with van der Waals surface area (Å²) in [6.45, 7) is 4.13. The van der Waals surface area contributed by atoms with Gasteiger partial charge in [-0.25, -0.2) is 4.98 Å². The van der Waals surface area contributed by atoms with Crippen molar-refractivity contribution in [3.8, 4) is 5.88 Å². The van der Waals surface area contributed by atoms with Crippen molar-refractivity contribution in [3.05, 3.63) is 23.9 Å². The Morgan fingerprint density at radius 3 is 2.95 bits per heavy atom. The van der Waals surface area contributed by atoms with Gasteiger partial charge in [-0.05, 0) is 11.6 Å². The van der Waals surface area contributed by atoms with E-state index in [1.807, 2.05) is 19.2 Å². The van der Waals surface area contributed by atoms with Gasteiger partial charge in [0.05, 0.1) is 19.8 Å². The maximum Gasteiger partial charge on any atom is 0.213 e. The van der Waals surface area contributed by atoms with Crippen LogP contribution in [0.25, 0.3) is 0 Å². The van der Waals surface area contributed by atoms with Gasteiger partial charge in [0.2, 0.25) is 5.88 Å². The zero-order chi connectivity index (χ0) is 14.5. The van der Waals surface area contributed by atoms with Gasteiger partial charge in [0.1, 0.15) is 6.10 Å². The fraction of sp³-hybridized carbons (Fsp3) is 0.600. The topological polar surface area (TPSA) is 59.0 Å². The monoisotopic (exact) mass is 418 g/mol. The zero-order valence-electron chi connectivity index (χ0n) is 12.8. The molecule has 0 aromatic carbocycles. The van der Waals surface area contributed by atoms with Crippen LogP contribution in [0.5, 0.6) is 5.88 Å². The van der Waals surface area contributed by atoms with Crippen LogP contribution in [0.3, 0.4) is 0 Å². The Morgan fingerprint density at radius 2 is 2.23 bits per heavy atom. The molecule has 122 valence electrons. The molecular formula is C15H23IN4O2. The molecule has 1 aromatic heterocycles. The SMILES string of the molecule is CN1CCN=C1NCc1ccnc(OC2CCOCC2)c1.I. The van der Waals surface area contributed by atoms with E-state index in [-0.39, 0.29) is 30.1 Å². The lowest BCUT2D eigenvalue weighted by molar-refractivity contribution is 0.0237. The highest BCUT2D eigenvalue weighted by molar-refractivity contribution is 14.0. The highest BCUT2D eigenvalue weighted by atomic mass is 127. The molecule has 7 heteroatoms. The number of pyridine rings is 1. The van der Waals surface area contributed by atoms with E-state index in [2.05, 4.69) is 20.2 Å². The second kappa shape index (κ2) is 8.52. The van der Waals surface area contributed by atoms with Crippen molar-refractivity contribution < 1.29 is 9.47 Å². The molecule has 0 radical (unpaired) electrons. The summed E-state index contributed by atoms with van der Waals surface area (Å²) in [6.07, 6.45) is 3.89. The van der Waals surface area contributed by atoms with Gasteiger partial charge < -0.3 is 19.7 Å². The third-order valence-corrected chi connectivity index (χ3v) is 3.76. The van der Waals surface area contributed by atoms with Crippen LogP contribution in [0.4, 0.5) is 0 Å². The van der Waals surface area contributed by atoms with Crippen LogP contribution in [-0.4, -0.2) is 55.3 Å². The van der Waals surface area contributed by atoms with Crippen LogP contribution in [-0.2, 0) is 11.3 Å². The average molecular weight is 418 g/mol. The van der Waals surface area contributed by atoms with Crippen molar-refractivity contribution in [2.24, 2.45) is 4.99 Å². The molecular weight excluding hydrogens is 395 g/mol. The van der Waals surface area contributed by atoms with Crippen molar-refractivity contribution in [2.75, 3.05) is 33.4 Å². The van der Waals surface area contributed by atoms with Crippen molar-refractivity contribution in [3.63, 3.8) is 0 Å². The van der Waals surface area contributed by atoms with Gasteiger partial charge in [0, 0.05) is 45.2 Å². The van der Waals surface area contributed by atoms with E-state index in [9.17, 15) is 0 Å². The molecule has 0 atom stereocenters. The van der Waals surface area contributed by atoms with Gasteiger partial charge in [-0.2, -0.15) is 0 Å². The van der Waals surface area contributed by atoms with E-state index < -0.39 is 0 Å². The molecule has 0 unspecified atom stereocenters. The average Bonchev–Trinajstić information content (AvgIpc) is 2.92. The fourth-order valence-corrected chi connectivity index (χ4v) is 2.49. The molecule has 1 fully saturated rings. The number of aliphatic imine (C=N–C) groups is 1. The predicted molar refractivity (Wildman–Crippen MR) is 95.9 cm³/mol. The Kier molecular flexibility index (Phi) is 6.69. The maximum atomic E-state index is 5.93. The van der Waals surface area contributed by atoms with E-state index in [0.29, 0.717) is 5.88 Å². The van der Waals surface area contributed by atoms with Gasteiger partial charge in [-0.15, -0.1) is 24.0 Å². The minimum absolute atomic E-state index is 0. The molecule has 6 nitrogen and oxygen atoms in total. The summed E-state index contributed by atoms with van der Waals surface area (Å²) >= 11 is 0. The third-order valence-electron chi connectivity index (χ3n) is 3.76. The van der Waals surface area contributed by atoms with Crippen LogP contribution in [0.2, 0.25) is 0 Å². The van der Waals surface area contributed by atoms with Crippen LogP contribution in [0.1, 0.15) is 18.4 Å². The number of nitrogens with one attached hydrogen (secondary N) is 1. The molecule has 0 saturated carbocycles. The van der Waals surface area contributed by atoms with E-state index in [1.54, 1.807) is 6.20 Å². The minimum atomic E-state index is 0. The molecule has 3 rings (SSSR count). The summed E-state index contributed by atoms with van der Waals surface area (Å²) in [5.41, 5.74) is 1.15. The summed E-state index contributed by atoms with van der Waals surface area (Å²) in [5, 5.41) is 3.35. The van der Waals surface area contributed by atoms with Crippen LogP contribution in [0.15, 0.2) is 23.3 Å². The standard InChI is InChI=1S/C15H22N4O2.HI/c1-19-7-6-17-15(19)18-11-12-2-5-16-14(10-12)21-13-3-8-20-9-4-13;/h2,5,10,13H,3-4,6-9,11H2,1H3,(H,17,18);1H. The molecule has 2 aliphatic rings. The van der Waals surface area contributed by atoms with Gasteiger partial charge in [-0.1, -0.05) is 0 Å². The Morgan fingerprint density at radius 1 is 1.41 bits per heavy atom. The maximum absolute atomic E-state index is 5.93. The number of guanidine groups is 1. The minimum Gasteiger partial charge on any atom is -0.474 e. The normalized spacial score (nSPS) is 18.6. The Bertz CT molecular complexity index is 506. The Balaban J connectivity index is 0.00000176. The zero-order valence-corrected chi connectivity index (χ0v) is 15.2. The quantitative estimate of drug-likeness (QED) is 0.754. The molecule has 22 heavy (non-hydrogen) atoms. The van der Waals surface area contributed by atoms with Gasteiger partial charge >= 0.3 is 0 Å². The van der Waals surface area contributed by atoms with Crippen molar-refractivity contribution in [1.29, 1.82) is 0 Å². The first-order valence-electron chi connectivity index (χ1n) is 7.50. The van der Waals surface area contributed by atoms with E-state index >= 15 is 0 Å². The lowest BCUT2D eigenvalue weighted by Gasteiger charge is -2.22. The number of hydrogen-bond donors (Lipinski definition) is 1. The Hall–Kier alpha value is -1.09. The molecule has 0 bridgehead atoms. The molecule has 1 aromatic rings. The summed E-state index contributed by atoms with van der Waals surface area (Å²) in [4.78, 5) is 10.8. The van der Waals surface area contributed by atoms with Crippen molar-refractivity contribution >= 4 is 29.9 Å². The number of likely N-dealkylation sites (N-methyl/N-ethyl adjacent to an activating group) is 1. The van der Waals surface area contributed by atoms with E-state index in [1.165, 1.54) is 0 Å². The highest BCUT2D eigenvalue weighted by Gasteiger charge is 2.16. The number of hydrogen-bond acceptors (Lipinski definition) is 6. The molecule has 0 aliphatic carbocycles.